The van der Waals surface area contributed by atoms with Crippen molar-refractivity contribution in [3.05, 3.63) is 35.9 Å². The van der Waals surface area contributed by atoms with Gasteiger partial charge in [-0.3, -0.25) is 4.79 Å². The number of hydrogen-bond acceptors (Lipinski definition) is 5. The molecule has 2 amide bonds. The lowest BCUT2D eigenvalue weighted by Gasteiger charge is -2.27. The van der Waals surface area contributed by atoms with E-state index in [1.54, 1.807) is 25.7 Å². The zero-order valence-corrected chi connectivity index (χ0v) is 18.3. The molecule has 0 saturated heterocycles. The first-order chi connectivity index (χ1) is 13.1. The number of rotatable bonds is 9. The number of hydrogen-bond donors (Lipinski definition) is 1. The van der Waals surface area contributed by atoms with E-state index < -0.39 is 17.6 Å². The Morgan fingerprint density at radius 2 is 1.79 bits per heavy atom. The molecule has 0 radical (unpaired) electrons. The number of benzene rings is 1. The highest BCUT2D eigenvalue weighted by Crippen LogP contribution is 2.11. The number of ether oxygens (including phenoxy) is 1. The van der Waals surface area contributed by atoms with E-state index in [0.29, 0.717) is 31.7 Å². The molecule has 1 rings (SSSR count). The summed E-state index contributed by atoms with van der Waals surface area (Å²) in [6.07, 6.45) is 1.14. The summed E-state index contributed by atoms with van der Waals surface area (Å²) < 4.78 is 5.39. The SMILES string of the molecule is CC[C@H](NC(=O)N(CCSC(C)=O)CCc1ccccc1)C(=O)OC(C)(C)C. The smallest absolute Gasteiger partial charge is 0.329 e. The van der Waals surface area contributed by atoms with Gasteiger partial charge in [0, 0.05) is 25.8 Å². The Kier molecular flexibility index (Phi) is 10.1. The molecule has 7 heteroatoms. The van der Waals surface area contributed by atoms with Gasteiger partial charge in [-0.25, -0.2) is 9.59 Å². The van der Waals surface area contributed by atoms with E-state index in [1.165, 1.54) is 18.7 Å². The maximum atomic E-state index is 12.8. The van der Waals surface area contributed by atoms with Crippen LogP contribution < -0.4 is 5.32 Å². The van der Waals surface area contributed by atoms with Crippen LogP contribution in [0.4, 0.5) is 4.79 Å². The second-order valence-electron chi connectivity index (χ2n) is 7.51. The fourth-order valence-corrected chi connectivity index (χ4v) is 3.06. The fraction of sp³-hybridized carbons (Fsp3) is 0.571. The third-order valence-electron chi connectivity index (χ3n) is 3.86. The average molecular weight is 409 g/mol. The van der Waals surface area contributed by atoms with Crippen LogP contribution >= 0.6 is 11.8 Å². The largest absolute Gasteiger partial charge is 0.458 e. The number of thioether (sulfide) groups is 1. The van der Waals surface area contributed by atoms with Crippen LogP contribution in [0.25, 0.3) is 0 Å². The minimum atomic E-state index is -0.702. The quantitative estimate of drug-likeness (QED) is 0.632. The topological polar surface area (TPSA) is 75.7 Å². The van der Waals surface area contributed by atoms with Gasteiger partial charge in [0.1, 0.15) is 11.6 Å². The molecule has 0 heterocycles. The van der Waals surface area contributed by atoms with Crippen molar-refractivity contribution in [3.63, 3.8) is 0 Å². The molecule has 156 valence electrons. The van der Waals surface area contributed by atoms with E-state index >= 15 is 0 Å². The number of carbonyl (C=O) groups excluding carboxylic acids is 3. The maximum absolute atomic E-state index is 12.8. The number of urea groups is 1. The third-order valence-corrected chi connectivity index (χ3v) is 4.66. The van der Waals surface area contributed by atoms with Crippen molar-refractivity contribution in [2.75, 3.05) is 18.8 Å². The average Bonchev–Trinajstić information content (AvgIpc) is 2.61. The van der Waals surface area contributed by atoms with Crippen molar-refractivity contribution in [2.24, 2.45) is 0 Å². The summed E-state index contributed by atoms with van der Waals surface area (Å²) in [5.41, 5.74) is 0.513. The number of nitrogens with zero attached hydrogens (tertiary/aromatic N) is 1. The maximum Gasteiger partial charge on any atom is 0.329 e. The first-order valence-corrected chi connectivity index (χ1v) is 10.6. The molecule has 1 aromatic rings. The van der Waals surface area contributed by atoms with Gasteiger partial charge in [-0.05, 0) is 39.2 Å². The molecule has 28 heavy (non-hydrogen) atoms. The zero-order chi connectivity index (χ0) is 21.2. The summed E-state index contributed by atoms with van der Waals surface area (Å²) in [7, 11) is 0. The molecule has 0 saturated carbocycles. The minimum absolute atomic E-state index is 0.0172. The van der Waals surface area contributed by atoms with Crippen LogP contribution in [0.1, 0.15) is 46.6 Å². The minimum Gasteiger partial charge on any atom is -0.458 e. The summed E-state index contributed by atoms with van der Waals surface area (Å²) in [6, 6.07) is 8.86. The molecule has 1 N–H and O–H groups in total. The Labute approximate surface area is 172 Å². The number of nitrogens with one attached hydrogen (secondary N) is 1. The summed E-state index contributed by atoms with van der Waals surface area (Å²) in [5, 5.41) is 2.80. The van der Waals surface area contributed by atoms with E-state index in [0.717, 1.165) is 5.56 Å². The molecule has 0 aromatic heterocycles. The van der Waals surface area contributed by atoms with Crippen molar-refractivity contribution >= 4 is 28.9 Å². The monoisotopic (exact) mass is 408 g/mol. The zero-order valence-electron chi connectivity index (χ0n) is 17.5. The number of amides is 2. The van der Waals surface area contributed by atoms with Crippen molar-refractivity contribution in [2.45, 2.75) is 59.1 Å². The van der Waals surface area contributed by atoms with Crippen LogP contribution in [0.15, 0.2) is 30.3 Å². The molecular weight excluding hydrogens is 376 g/mol. The highest BCUT2D eigenvalue weighted by Gasteiger charge is 2.27. The third kappa shape index (κ3) is 9.78. The van der Waals surface area contributed by atoms with E-state index in [1.807, 2.05) is 37.3 Å². The van der Waals surface area contributed by atoms with Gasteiger partial charge in [-0.1, -0.05) is 49.0 Å². The molecule has 6 nitrogen and oxygen atoms in total. The molecule has 0 fully saturated rings. The van der Waals surface area contributed by atoms with Crippen molar-refractivity contribution < 1.29 is 19.1 Å². The molecule has 0 unspecified atom stereocenters. The molecule has 1 atom stereocenters. The molecule has 0 spiro atoms. The van der Waals surface area contributed by atoms with E-state index in [9.17, 15) is 14.4 Å². The van der Waals surface area contributed by atoms with Crippen LogP contribution in [0.2, 0.25) is 0 Å². The molecule has 0 bridgehead atoms. The van der Waals surface area contributed by atoms with Crippen molar-refractivity contribution in [3.8, 4) is 0 Å². The highest BCUT2D eigenvalue weighted by atomic mass is 32.2. The normalized spacial score (nSPS) is 12.2. The van der Waals surface area contributed by atoms with Gasteiger partial charge in [-0.2, -0.15) is 0 Å². The van der Waals surface area contributed by atoms with Crippen molar-refractivity contribution in [1.29, 1.82) is 0 Å². The first-order valence-electron chi connectivity index (χ1n) is 9.58. The first kappa shape index (κ1) is 24.0. The molecule has 0 aliphatic heterocycles. The lowest BCUT2D eigenvalue weighted by atomic mass is 10.1. The summed E-state index contributed by atoms with van der Waals surface area (Å²) >= 11 is 1.19. The highest BCUT2D eigenvalue weighted by molar-refractivity contribution is 8.13. The Bertz CT molecular complexity index is 644. The lowest BCUT2D eigenvalue weighted by Crippen LogP contribution is -2.50. The van der Waals surface area contributed by atoms with Crippen LogP contribution in [0, 0.1) is 0 Å². The van der Waals surface area contributed by atoms with Gasteiger partial charge in [0.15, 0.2) is 5.12 Å². The Balaban J connectivity index is 2.74. The predicted molar refractivity (Wildman–Crippen MR) is 113 cm³/mol. The summed E-state index contributed by atoms with van der Waals surface area (Å²) in [5.74, 6) is 0.0743. The molecule has 0 aliphatic rings. The predicted octanol–water partition coefficient (Wildman–Crippen LogP) is 3.64. The summed E-state index contributed by atoms with van der Waals surface area (Å²) in [6.45, 7) is 9.65. The second kappa shape index (κ2) is 11.7. The van der Waals surface area contributed by atoms with Gasteiger partial charge >= 0.3 is 12.0 Å². The van der Waals surface area contributed by atoms with Crippen molar-refractivity contribution in [1.82, 2.24) is 10.2 Å². The van der Waals surface area contributed by atoms with Gasteiger partial charge in [0.25, 0.3) is 0 Å². The van der Waals surface area contributed by atoms with Crippen LogP contribution in [-0.2, 0) is 20.7 Å². The molecular formula is C21H32N2O4S. The van der Waals surface area contributed by atoms with Gasteiger partial charge in [-0.15, -0.1) is 0 Å². The Morgan fingerprint density at radius 1 is 1.14 bits per heavy atom. The standard InChI is InChI=1S/C21H32N2O4S/c1-6-18(19(25)27-21(3,4)5)22-20(26)23(14-15-28-16(2)24)13-12-17-10-8-7-9-11-17/h7-11,18H,6,12-15H2,1-5H3,(H,22,26)/t18-/m0/s1. The fourth-order valence-electron chi connectivity index (χ4n) is 2.46. The Morgan fingerprint density at radius 3 is 2.32 bits per heavy atom. The lowest BCUT2D eigenvalue weighted by molar-refractivity contribution is -0.157. The number of esters is 1. The van der Waals surface area contributed by atoms with Gasteiger partial charge in [0.2, 0.25) is 0 Å². The van der Waals surface area contributed by atoms with E-state index in [-0.39, 0.29) is 11.1 Å². The van der Waals surface area contributed by atoms with Gasteiger partial charge in [0.05, 0.1) is 0 Å². The molecule has 1 aromatic carbocycles. The van der Waals surface area contributed by atoms with Crippen LogP contribution in [0.5, 0.6) is 0 Å². The van der Waals surface area contributed by atoms with Crippen LogP contribution in [0.3, 0.4) is 0 Å². The van der Waals surface area contributed by atoms with Gasteiger partial charge < -0.3 is 15.0 Å². The number of carbonyl (C=O) groups is 3. The van der Waals surface area contributed by atoms with E-state index in [4.69, 9.17) is 4.74 Å². The Hall–Kier alpha value is -2.02. The van der Waals surface area contributed by atoms with Crippen LogP contribution in [-0.4, -0.2) is 52.5 Å². The van der Waals surface area contributed by atoms with E-state index in [2.05, 4.69) is 5.32 Å². The summed E-state index contributed by atoms with van der Waals surface area (Å²) in [4.78, 5) is 38.0. The second-order valence-corrected chi connectivity index (χ2v) is 8.78. The molecule has 0 aliphatic carbocycles.